The van der Waals surface area contributed by atoms with Gasteiger partial charge in [0.15, 0.2) is 29.1 Å². The van der Waals surface area contributed by atoms with Crippen molar-refractivity contribution in [1.29, 1.82) is 0 Å². The molecular weight excluding hydrogens is 571 g/mol. The van der Waals surface area contributed by atoms with Gasteiger partial charge in [0, 0.05) is 34.5 Å². The van der Waals surface area contributed by atoms with Gasteiger partial charge in [0.1, 0.15) is 11.3 Å². The van der Waals surface area contributed by atoms with Gasteiger partial charge < -0.3 is 9.40 Å². The number of fused-ring (bicyclic) bond motifs is 3. The maximum absolute atomic E-state index is 14.3. The van der Waals surface area contributed by atoms with E-state index in [1.807, 2.05) is 29.7 Å². The first-order valence-corrected chi connectivity index (χ1v) is 13.0. The average Bonchev–Trinajstić information content (AvgIpc) is 3.34. The Balaban J connectivity index is 1.58. The normalized spacial score (nSPS) is 11.7. The highest BCUT2D eigenvalue weighted by atomic mass is 19.2. The minimum Gasteiger partial charge on any atom is -0.318 e. The summed E-state index contributed by atoms with van der Waals surface area (Å²) in [4.78, 5) is 42.0. The summed E-state index contributed by atoms with van der Waals surface area (Å²) in [7, 11) is 0. The summed E-state index contributed by atoms with van der Waals surface area (Å²) in [6.45, 7) is 3.04. The summed E-state index contributed by atoms with van der Waals surface area (Å²) in [5.41, 5.74) is 0.485. The molecule has 0 aliphatic heterocycles. The molecule has 0 amide bonds. The molecule has 5 aromatic rings. The van der Waals surface area contributed by atoms with Crippen LogP contribution >= 0.6 is 0 Å². The summed E-state index contributed by atoms with van der Waals surface area (Å²) < 4.78 is 71.2. The van der Waals surface area contributed by atoms with Crippen molar-refractivity contribution >= 4 is 45.1 Å². The Morgan fingerprint density at radius 2 is 1.33 bits per heavy atom. The van der Waals surface area contributed by atoms with Crippen molar-refractivity contribution in [2.24, 2.45) is 5.16 Å². The second-order valence-electron chi connectivity index (χ2n) is 9.61. The minimum absolute atomic E-state index is 0.0924. The van der Waals surface area contributed by atoms with E-state index in [0.29, 0.717) is 35.0 Å². The number of oxime groups is 1. The molecule has 1 aromatic heterocycles. The number of Topliss-reactive ketones (excluding diaryl/α,β-unsaturated/α-hetero) is 1. The van der Waals surface area contributed by atoms with Gasteiger partial charge >= 0.3 is 5.97 Å². The Bertz CT molecular complexity index is 1950. The first-order valence-electron chi connectivity index (χ1n) is 13.0. The molecule has 0 atom stereocenters. The predicted molar refractivity (Wildman–Crippen MR) is 149 cm³/mol. The summed E-state index contributed by atoms with van der Waals surface area (Å²) in [6, 6.07) is 17.7. The van der Waals surface area contributed by atoms with Gasteiger partial charge in [-0.1, -0.05) is 36.7 Å². The van der Waals surface area contributed by atoms with Gasteiger partial charge in [-0.15, -0.1) is 0 Å². The van der Waals surface area contributed by atoms with Gasteiger partial charge in [0.25, 0.3) is 0 Å². The van der Waals surface area contributed by atoms with E-state index in [1.165, 1.54) is 31.2 Å². The van der Waals surface area contributed by atoms with Crippen LogP contribution in [0, 0.1) is 29.1 Å². The fourth-order valence-corrected chi connectivity index (χ4v) is 4.83. The fourth-order valence-electron chi connectivity index (χ4n) is 4.83. The van der Waals surface area contributed by atoms with Gasteiger partial charge in [0.05, 0.1) is 11.0 Å². The van der Waals surface area contributed by atoms with Gasteiger partial charge in [-0.3, -0.25) is 9.59 Å². The van der Waals surface area contributed by atoms with Crippen molar-refractivity contribution in [3.63, 3.8) is 0 Å². The number of halogens is 5. The lowest BCUT2D eigenvalue weighted by Gasteiger charge is -2.10. The number of hydrogen-bond donors (Lipinski definition) is 0. The number of ketones is 2. The number of aromatic nitrogens is 1. The predicted octanol–water partition coefficient (Wildman–Crippen LogP) is 7.61. The third-order valence-electron chi connectivity index (χ3n) is 6.79. The number of rotatable bonds is 8. The van der Waals surface area contributed by atoms with Crippen molar-refractivity contribution in [3.8, 4) is 5.69 Å². The molecule has 0 unspecified atom stereocenters. The highest BCUT2D eigenvalue weighted by Gasteiger charge is 2.30. The Morgan fingerprint density at radius 1 is 0.744 bits per heavy atom. The largest absolute Gasteiger partial charge is 0.331 e. The van der Waals surface area contributed by atoms with Gasteiger partial charge in [-0.05, 0) is 55.0 Å². The first-order chi connectivity index (χ1) is 20.5. The standard InChI is InChI=1S/C32H21F5N2O4/c1-3-6-22(38-43-16(2)40)31(41)18-11-14-24-21(15-18)20-7-4-5-8-23(20)39(24)19-12-9-17(10-13-19)32(42)25-26(33)28(35)30(37)29(36)27(25)34/h4-5,7-15H,3,6H2,1-2H3/b38-22-. The zero-order chi connectivity index (χ0) is 31.0. The number of para-hydroxylation sites is 1. The molecule has 4 aromatic carbocycles. The zero-order valence-electron chi connectivity index (χ0n) is 22.7. The summed E-state index contributed by atoms with van der Waals surface area (Å²) in [5.74, 6) is -13.6. The van der Waals surface area contributed by atoms with E-state index in [9.17, 15) is 36.3 Å². The van der Waals surface area contributed by atoms with Gasteiger partial charge in [-0.2, -0.15) is 0 Å². The molecule has 0 spiro atoms. The van der Waals surface area contributed by atoms with Crippen LogP contribution in [-0.2, 0) is 9.63 Å². The van der Waals surface area contributed by atoms with Crippen LogP contribution in [0.1, 0.15) is 53.0 Å². The topological polar surface area (TPSA) is 77.7 Å². The smallest absolute Gasteiger partial charge is 0.318 e. The zero-order valence-corrected chi connectivity index (χ0v) is 22.7. The lowest BCUT2D eigenvalue weighted by atomic mass is 10.0. The van der Waals surface area contributed by atoms with E-state index < -0.39 is 52.2 Å². The lowest BCUT2D eigenvalue weighted by molar-refractivity contribution is -0.140. The van der Waals surface area contributed by atoms with Crippen LogP contribution in [0.4, 0.5) is 22.0 Å². The van der Waals surface area contributed by atoms with Crippen molar-refractivity contribution in [1.82, 2.24) is 4.57 Å². The fraction of sp³-hybridized carbons (Fsp3) is 0.125. The summed E-state index contributed by atoms with van der Waals surface area (Å²) in [5, 5.41) is 5.21. The Hall–Kier alpha value is -5.19. The third kappa shape index (κ3) is 5.18. The molecule has 43 heavy (non-hydrogen) atoms. The van der Waals surface area contributed by atoms with Crippen LogP contribution < -0.4 is 0 Å². The highest BCUT2D eigenvalue weighted by molar-refractivity contribution is 6.46. The summed E-state index contributed by atoms with van der Waals surface area (Å²) in [6.07, 6.45) is 0.887. The van der Waals surface area contributed by atoms with Gasteiger partial charge in [0.2, 0.25) is 11.6 Å². The monoisotopic (exact) mass is 592 g/mol. The Kier molecular flexibility index (Phi) is 7.90. The van der Waals surface area contributed by atoms with Crippen LogP contribution in [0.25, 0.3) is 27.5 Å². The number of carbonyl (C=O) groups excluding carboxylic acids is 3. The first kappa shape index (κ1) is 29.3. The third-order valence-corrected chi connectivity index (χ3v) is 6.79. The minimum atomic E-state index is -2.35. The van der Waals surface area contributed by atoms with Crippen molar-refractivity contribution in [3.05, 3.63) is 113 Å². The van der Waals surface area contributed by atoms with Crippen LogP contribution in [0.2, 0.25) is 0 Å². The highest BCUT2D eigenvalue weighted by Crippen LogP contribution is 2.33. The van der Waals surface area contributed by atoms with E-state index >= 15 is 0 Å². The SMILES string of the molecule is CCC/C(=N/OC(C)=O)C(=O)c1ccc2c(c1)c1ccccc1n2-c1ccc(C(=O)c2c(F)c(F)c(F)c(F)c2F)cc1. The quantitative estimate of drug-likeness (QED) is 0.0354. The molecule has 0 bridgehead atoms. The molecule has 218 valence electrons. The second kappa shape index (κ2) is 11.6. The number of benzene rings is 4. The van der Waals surface area contributed by atoms with Crippen molar-refractivity contribution in [2.75, 3.05) is 0 Å². The molecule has 0 N–H and O–H groups in total. The molecule has 0 saturated heterocycles. The molecule has 0 radical (unpaired) electrons. The maximum atomic E-state index is 14.3. The van der Waals surface area contributed by atoms with Crippen LogP contribution in [0.5, 0.6) is 0 Å². The van der Waals surface area contributed by atoms with E-state index in [0.717, 1.165) is 10.9 Å². The molecule has 5 rings (SSSR count). The maximum Gasteiger partial charge on any atom is 0.331 e. The molecule has 1 heterocycles. The molecule has 0 aliphatic carbocycles. The lowest BCUT2D eigenvalue weighted by Crippen LogP contribution is -2.15. The van der Waals surface area contributed by atoms with Crippen LogP contribution in [0.3, 0.4) is 0 Å². The number of carbonyl (C=O) groups is 3. The number of nitrogens with zero attached hydrogens (tertiary/aromatic N) is 2. The average molecular weight is 593 g/mol. The summed E-state index contributed by atoms with van der Waals surface area (Å²) >= 11 is 0. The van der Waals surface area contributed by atoms with Crippen LogP contribution in [-0.4, -0.2) is 27.8 Å². The molecule has 6 nitrogen and oxygen atoms in total. The molecule has 0 fully saturated rings. The number of hydrogen-bond acceptors (Lipinski definition) is 5. The Labute approximate surface area is 241 Å². The van der Waals surface area contributed by atoms with Crippen molar-refractivity contribution < 1.29 is 41.2 Å². The van der Waals surface area contributed by atoms with E-state index in [4.69, 9.17) is 4.84 Å². The van der Waals surface area contributed by atoms with Gasteiger partial charge in [-0.25, -0.2) is 26.7 Å². The van der Waals surface area contributed by atoms with E-state index in [2.05, 4.69) is 5.16 Å². The Morgan fingerprint density at radius 3 is 1.95 bits per heavy atom. The van der Waals surface area contributed by atoms with E-state index in [1.54, 1.807) is 24.3 Å². The molecule has 0 saturated carbocycles. The molecule has 0 aliphatic rings. The molecular formula is C32H21F5N2O4. The van der Waals surface area contributed by atoms with E-state index in [-0.39, 0.29) is 11.3 Å². The van der Waals surface area contributed by atoms with Crippen LogP contribution in [0.15, 0.2) is 71.9 Å². The molecule has 11 heteroatoms. The second-order valence-corrected chi connectivity index (χ2v) is 9.61. The van der Waals surface area contributed by atoms with Crippen molar-refractivity contribution in [2.45, 2.75) is 26.7 Å².